The van der Waals surface area contributed by atoms with Crippen molar-refractivity contribution in [2.75, 3.05) is 13.2 Å². The van der Waals surface area contributed by atoms with E-state index in [0.717, 1.165) is 44.9 Å². The highest BCUT2D eigenvalue weighted by Gasteiger charge is 2.18. The molecule has 0 aromatic carbocycles. The number of hydrogen-bond donors (Lipinski definition) is 3. The smallest absolute Gasteiger partial charge is 0.305 e. The van der Waals surface area contributed by atoms with Gasteiger partial charge in [-0.15, -0.1) is 0 Å². The van der Waals surface area contributed by atoms with E-state index in [1.165, 1.54) is 295 Å². The standard InChI is InChI=1S/C69H131NO5/c1-3-5-7-9-11-13-15-17-34-39-43-47-51-55-59-63-69(74)75-64-60-56-52-48-44-40-36-33-31-29-27-25-23-21-19-20-22-24-26-28-30-32-35-38-42-46-50-54-58-62-68(73)70-66(65-71)67(72)61-57-53-49-45-41-37-18-16-14-12-10-8-6-4-2/h17,19,21,34,57,61,66-67,71-72H,3-16,18,20,22-33,35-56,58-60,62-65H2,1-2H3,(H,70,73)/b21-19-,34-17-,61-57+. The maximum Gasteiger partial charge on any atom is 0.305 e. The van der Waals surface area contributed by atoms with Gasteiger partial charge in [0, 0.05) is 12.8 Å². The van der Waals surface area contributed by atoms with Crippen LogP contribution in [0.1, 0.15) is 367 Å². The Labute approximate surface area is 468 Å². The van der Waals surface area contributed by atoms with Gasteiger partial charge in [0.15, 0.2) is 0 Å². The average molecular weight is 1050 g/mol. The zero-order valence-corrected chi connectivity index (χ0v) is 50.5. The molecule has 0 aliphatic heterocycles. The van der Waals surface area contributed by atoms with Gasteiger partial charge < -0.3 is 20.3 Å². The van der Waals surface area contributed by atoms with Gasteiger partial charge in [0.25, 0.3) is 0 Å². The summed E-state index contributed by atoms with van der Waals surface area (Å²) in [6.45, 7) is 4.91. The normalized spacial score (nSPS) is 12.7. The van der Waals surface area contributed by atoms with Crippen molar-refractivity contribution in [1.29, 1.82) is 0 Å². The van der Waals surface area contributed by atoms with E-state index in [0.29, 0.717) is 19.4 Å². The summed E-state index contributed by atoms with van der Waals surface area (Å²) in [5.74, 6) is -0.0575. The second kappa shape index (κ2) is 64.6. The Morgan fingerprint density at radius 1 is 0.360 bits per heavy atom. The molecule has 0 aliphatic rings. The molecule has 75 heavy (non-hydrogen) atoms. The summed E-state index contributed by atoms with van der Waals surface area (Å²) in [5, 5.41) is 23.1. The van der Waals surface area contributed by atoms with Crippen LogP contribution in [0.3, 0.4) is 0 Å². The van der Waals surface area contributed by atoms with Crippen LogP contribution in [0.2, 0.25) is 0 Å². The fourth-order valence-electron chi connectivity index (χ4n) is 10.4. The zero-order valence-electron chi connectivity index (χ0n) is 50.5. The highest BCUT2D eigenvalue weighted by Crippen LogP contribution is 2.18. The molecule has 0 aromatic rings. The number of ether oxygens (including phenoxy) is 1. The van der Waals surface area contributed by atoms with Crippen molar-refractivity contribution in [1.82, 2.24) is 5.32 Å². The van der Waals surface area contributed by atoms with Gasteiger partial charge in [-0.05, 0) is 83.5 Å². The maximum atomic E-state index is 12.5. The van der Waals surface area contributed by atoms with Crippen LogP contribution in [0, 0.1) is 0 Å². The minimum Gasteiger partial charge on any atom is -0.466 e. The predicted molar refractivity (Wildman–Crippen MR) is 329 cm³/mol. The van der Waals surface area contributed by atoms with Gasteiger partial charge in [-0.25, -0.2) is 0 Å². The molecule has 442 valence electrons. The largest absolute Gasteiger partial charge is 0.466 e. The number of carbonyl (C=O) groups excluding carboxylic acids is 2. The Morgan fingerprint density at radius 3 is 0.947 bits per heavy atom. The number of aliphatic hydroxyl groups excluding tert-OH is 2. The molecule has 6 nitrogen and oxygen atoms in total. The van der Waals surface area contributed by atoms with Crippen LogP contribution in [-0.4, -0.2) is 47.4 Å². The first-order valence-electron chi connectivity index (χ1n) is 33.8. The summed E-state index contributed by atoms with van der Waals surface area (Å²) < 4.78 is 5.49. The molecule has 0 fully saturated rings. The third-order valence-electron chi connectivity index (χ3n) is 15.6. The van der Waals surface area contributed by atoms with Crippen molar-refractivity contribution >= 4 is 11.9 Å². The summed E-state index contributed by atoms with van der Waals surface area (Å²) in [6.07, 6.45) is 82.1. The number of unbranched alkanes of at least 4 members (excludes halogenated alkanes) is 48. The Balaban J connectivity index is 3.38. The molecule has 6 heteroatoms. The van der Waals surface area contributed by atoms with E-state index in [4.69, 9.17) is 4.74 Å². The van der Waals surface area contributed by atoms with Crippen LogP contribution < -0.4 is 5.32 Å². The van der Waals surface area contributed by atoms with Crippen molar-refractivity contribution in [3.05, 3.63) is 36.5 Å². The third-order valence-corrected chi connectivity index (χ3v) is 15.6. The molecule has 0 rings (SSSR count). The van der Waals surface area contributed by atoms with Crippen LogP contribution in [0.4, 0.5) is 0 Å². The minimum absolute atomic E-state index is 0.00840. The first-order chi connectivity index (χ1) is 37.0. The molecule has 0 bridgehead atoms. The monoisotopic (exact) mass is 1050 g/mol. The Hall–Kier alpha value is -1.92. The van der Waals surface area contributed by atoms with Crippen LogP contribution in [0.25, 0.3) is 0 Å². The Kier molecular flexibility index (Phi) is 63.0. The van der Waals surface area contributed by atoms with Gasteiger partial charge in [0.05, 0.1) is 25.4 Å². The molecule has 1 amide bonds. The van der Waals surface area contributed by atoms with E-state index >= 15 is 0 Å². The fourth-order valence-corrected chi connectivity index (χ4v) is 10.4. The number of carbonyl (C=O) groups is 2. The number of aliphatic hydroxyl groups is 2. The molecule has 0 saturated carbocycles. The summed E-state index contributed by atoms with van der Waals surface area (Å²) in [6, 6.07) is -0.627. The molecule has 0 aliphatic carbocycles. The Bertz CT molecular complexity index is 1210. The number of esters is 1. The molecule has 0 saturated heterocycles. The highest BCUT2D eigenvalue weighted by molar-refractivity contribution is 5.76. The number of nitrogens with one attached hydrogen (secondary N) is 1. The van der Waals surface area contributed by atoms with Crippen molar-refractivity contribution in [2.45, 2.75) is 379 Å². The highest BCUT2D eigenvalue weighted by atomic mass is 16.5. The first-order valence-corrected chi connectivity index (χ1v) is 33.8. The van der Waals surface area contributed by atoms with Gasteiger partial charge >= 0.3 is 5.97 Å². The lowest BCUT2D eigenvalue weighted by atomic mass is 10.0. The van der Waals surface area contributed by atoms with Crippen molar-refractivity contribution in [3.8, 4) is 0 Å². The summed E-state index contributed by atoms with van der Waals surface area (Å²) in [4.78, 5) is 24.5. The minimum atomic E-state index is -0.843. The molecule has 0 aromatic heterocycles. The number of amides is 1. The number of hydrogen-bond acceptors (Lipinski definition) is 5. The number of allylic oxidation sites excluding steroid dienone is 5. The lowest BCUT2D eigenvalue weighted by Crippen LogP contribution is -2.45. The second-order valence-electron chi connectivity index (χ2n) is 23.1. The van der Waals surface area contributed by atoms with Crippen molar-refractivity contribution < 1.29 is 24.5 Å². The predicted octanol–water partition coefficient (Wildman–Crippen LogP) is 21.5. The zero-order chi connectivity index (χ0) is 54.3. The molecule has 3 N–H and O–H groups in total. The van der Waals surface area contributed by atoms with Crippen molar-refractivity contribution in [3.63, 3.8) is 0 Å². The first kappa shape index (κ1) is 73.1. The third kappa shape index (κ3) is 61.2. The number of rotatable bonds is 63. The maximum absolute atomic E-state index is 12.5. The molecule has 2 unspecified atom stereocenters. The lowest BCUT2D eigenvalue weighted by Gasteiger charge is -2.20. The quantitative estimate of drug-likeness (QED) is 0.0320. The topological polar surface area (TPSA) is 95.9 Å². The van der Waals surface area contributed by atoms with Gasteiger partial charge in [0.1, 0.15) is 0 Å². The molecule has 0 spiro atoms. The van der Waals surface area contributed by atoms with Crippen molar-refractivity contribution in [2.24, 2.45) is 0 Å². The van der Waals surface area contributed by atoms with Crippen LogP contribution in [0.5, 0.6) is 0 Å². The molecule has 0 heterocycles. The van der Waals surface area contributed by atoms with E-state index in [1.807, 2.05) is 6.08 Å². The van der Waals surface area contributed by atoms with E-state index in [9.17, 15) is 19.8 Å². The summed E-state index contributed by atoms with van der Waals surface area (Å²) >= 11 is 0. The van der Waals surface area contributed by atoms with Crippen LogP contribution in [-0.2, 0) is 14.3 Å². The molecule has 0 radical (unpaired) electrons. The average Bonchev–Trinajstić information content (AvgIpc) is 3.41. The second-order valence-corrected chi connectivity index (χ2v) is 23.1. The van der Waals surface area contributed by atoms with E-state index < -0.39 is 12.1 Å². The lowest BCUT2D eigenvalue weighted by molar-refractivity contribution is -0.143. The Morgan fingerprint density at radius 2 is 0.627 bits per heavy atom. The van der Waals surface area contributed by atoms with E-state index in [-0.39, 0.29) is 18.5 Å². The summed E-state index contributed by atoms with van der Waals surface area (Å²) in [5.41, 5.74) is 0. The fraction of sp³-hybridized carbons (Fsp3) is 0.884. The van der Waals surface area contributed by atoms with Crippen LogP contribution in [0.15, 0.2) is 36.5 Å². The van der Waals surface area contributed by atoms with Crippen LogP contribution >= 0.6 is 0 Å². The van der Waals surface area contributed by atoms with Gasteiger partial charge in [-0.2, -0.15) is 0 Å². The van der Waals surface area contributed by atoms with Gasteiger partial charge in [-0.1, -0.05) is 307 Å². The molecular formula is C69H131NO5. The SMILES string of the molecule is CCCCCCCC/C=C\CCCCCCCC(=O)OCCCCCCCCCCCCCC/C=C\CCCCCCCCCCCCCCCC(=O)NC(CO)C(O)/C=C/CCCCCCCCCCCCCC. The molecule has 2 atom stereocenters. The van der Waals surface area contributed by atoms with E-state index in [2.05, 4.69) is 43.5 Å². The van der Waals surface area contributed by atoms with Gasteiger partial charge in [-0.3, -0.25) is 9.59 Å². The summed E-state index contributed by atoms with van der Waals surface area (Å²) in [7, 11) is 0. The molecular weight excluding hydrogens is 923 g/mol. The van der Waals surface area contributed by atoms with E-state index in [1.54, 1.807) is 6.08 Å². The van der Waals surface area contributed by atoms with Gasteiger partial charge in [0.2, 0.25) is 5.91 Å².